The second-order valence-electron chi connectivity index (χ2n) is 7.68. The summed E-state index contributed by atoms with van der Waals surface area (Å²) < 4.78 is 10.9. The Morgan fingerprint density at radius 3 is 2.41 bits per heavy atom. The molecule has 0 aromatic heterocycles. The molecule has 2 N–H and O–H groups in total. The van der Waals surface area contributed by atoms with Crippen LogP contribution in [-0.4, -0.2) is 42.9 Å². The van der Waals surface area contributed by atoms with Crippen LogP contribution in [0.4, 0.5) is 5.69 Å². The van der Waals surface area contributed by atoms with Crippen LogP contribution >= 0.6 is 11.6 Å². The minimum atomic E-state index is -1.32. The lowest BCUT2D eigenvalue weighted by atomic mass is 9.77. The number of nitrogens with zero attached hydrogens (tertiary/aromatic N) is 1. The smallest absolute Gasteiger partial charge is 0.332 e. The van der Waals surface area contributed by atoms with E-state index in [4.69, 9.17) is 25.9 Å². The number of anilines is 1. The second kappa shape index (κ2) is 9.40. The Morgan fingerprint density at radius 2 is 1.81 bits per heavy atom. The molecule has 0 bridgehead atoms. The Hall–Kier alpha value is -3.39. The van der Waals surface area contributed by atoms with Crippen molar-refractivity contribution in [1.82, 2.24) is 0 Å². The van der Waals surface area contributed by atoms with E-state index in [0.717, 1.165) is 11.6 Å². The minimum Gasteiger partial charge on any atom is -0.493 e. The van der Waals surface area contributed by atoms with Gasteiger partial charge in [-0.3, -0.25) is 0 Å². The van der Waals surface area contributed by atoms with Gasteiger partial charge in [-0.25, -0.2) is 14.7 Å². The van der Waals surface area contributed by atoms with Crippen molar-refractivity contribution in [2.24, 2.45) is 5.41 Å². The van der Waals surface area contributed by atoms with Crippen molar-refractivity contribution in [3.8, 4) is 17.2 Å². The summed E-state index contributed by atoms with van der Waals surface area (Å²) in [6.45, 7) is 1.79. The molecule has 0 spiro atoms. The first-order valence-corrected chi connectivity index (χ1v) is 10.2. The van der Waals surface area contributed by atoms with Gasteiger partial charge in [0.15, 0.2) is 17.2 Å². The summed E-state index contributed by atoms with van der Waals surface area (Å²) in [6.07, 6.45) is 1.58. The van der Waals surface area contributed by atoms with Gasteiger partial charge in [0, 0.05) is 28.6 Å². The number of aliphatic carboxylic acids is 2. The SMILES string of the molecule is COc1cc2c(cc1OC)N(Oc1cccc(Cl)c1)CC(C)(C(=CC(=O)O)C(=O)O)CC2. The Labute approximate surface area is 190 Å². The van der Waals surface area contributed by atoms with Crippen molar-refractivity contribution < 1.29 is 34.1 Å². The number of hydroxylamine groups is 1. The molecule has 0 aliphatic carbocycles. The van der Waals surface area contributed by atoms with Crippen LogP contribution in [0.15, 0.2) is 48.0 Å². The van der Waals surface area contributed by atoms with Gasteiger partial charge >= 0.3 is 11.9 Å². The summed E-state index contributed by atoms with van der Waals surface area (Å²) in [4.78, 5) is 29.5. The molecule has 1 unspecified atom stereocenters. The van der Waals surface area contributed by atoms with E-state index in [9.17, 15) is 19.8 Å². The summed E-state index contributed by atoms with van der Waals surface area (Å²) in [5, 5.41) is 21.1. The zero-order valence-electron chi connectivity index (χ0n) is 17.9. The largest absolute Gasteiger partial charge is 0.493 e. The fraction of sp³-hybridized carbons (Fsp3) is 0.304. The summed E-state index contributed by atoms with van der Waals surface area (Å²) >= 11 is 6.10. The highest BCUT2D eigenvalue weighted by Gasteiger charge is 2.40. The van der Waals surface area contributed by atoms with Gasteiger partial charge in [-0.15, -0.1) is 0 Å². The van der Waals surface area contributed by atoms with Gasteiger partial charge in [-0.05, 0) is 36.6 Å². The van der Waals surface area contributed by atoms with E-state index in [-0.39, 0.29) is 12.1 Å². The molecular weight excluding hydrogens is 438 g/mol. The minimum absolute atomic E-state index is 0.0768. The van der Waals surface area contributed by atoms with Gasteiger partial charge in [-0.1, -0.05) is 24.6 Å². The van der Waals surface area contributed by atoms with Gasteiger partial charge in [-0.2, -0.15) is 0 Å². The number of aryl methyl sites for hydroxylation is 1. The van der Waals surface area contributed by atoms with Crippen molar-refractivity contribution in [3.63, 3.8) is 0 Å². The van der Waals surface area contributed by atoms with E-state index >= 15 is 0 Å². The van der Waals surface area contributed by atoms with Gasteiger partial charge in [0.05, 0.1) is 32.0 Å². The normalized spacial score (nSPS) is 18.4. The number of carbonyl (C=O) groups is 2. The first-order valence-electron chi connectivity index (χ1n) is 9.81. The molecule has 0 fully saturated rings. The molecule has 32 heavy (non-hydrogen) atoms. The molecule has 2 aromatic carbocycles. The fourth-order valence-corrected chi connectivity index (χ4v) is 3.98. The lowest BCUT2D eigenvalue weighted by molar-refractivity contribution is -0.136. The van der Waals surface area contributed by atoms with Crippen LogP contribution in [-0.2, 0) is 16.0 Å². The average Bonchev–Trinajstić information content (AvgIpc) is 2.87. The summed E-state index contributed by atoms with van der Waals surface area (Å²) in [5.41, 5.74) is 0.249. The first kappa shape index (κ1) is 23.3. The summed E-state index contributed by atoms with van der Waals surface area (Å²) in [5.74, 6) is -1.16. The second-order valence-corrected chi connectivity index (χ2v) is 8.12. The van der Waals surface area contributed by atoms with Crippen LogP contribution in [0.3, 0.4) is 0 Å². The van der Waals surface area contributed by atoms with E-state index < -0.39 is 17.4 Å². The molecule has 3 rings (SSSR count). The molecule has 1 heterocycles. The zero-order chi connectivity index (χ0) is 23.5. The Balaban J connectivity index is 2.14. The molecule has 170 valence electrons. The number of benzene rings is 2. The summed E-state index contributed by atoms with van der Waals surface area (Å²) in [6, 6.07) is 10.4. The fourth-order valence-electron chi connectivity index (χ4n) is 3.80. The predicted octanol–water partition coefficient (Wildman–Crippen LogP) is 4.21. The maximum absolute atomic E-state index is 12.0. The van der Waals surface area contributed by atoms with Gasteiger partial charge in [0.2, 0.25) is 0 Å². The van der Waals surface area contributed by atoms with Crippen molar-refractivity contribution in [2.45, 2.75) is 19.8 Å². The average molecular weight is 462 g/mol. The van der Waals surface area contributed by atoms with Crippen LogP contribution < -0.4 is 19.4 Å². The quantitative estimate of drug-likeness (QED) is 0.591. The van der Waals surface area contributed by atoms with Crippen molar-refractivity contribution in [1.29, 1.82) is 0 Å². The third-order valence-corrected chi connectivity index (χ3v) is 5.69. The Morgan fingerprint density at radius 1 is 1.12 bits per heavy atom. The number of fused-ring (bicyclic) bond motifs is 1. The molecule has 0 radical (unpaired) electrons. The number of hydrogen-bond donors (Lipinski definition) is 2. The molecule has 9 heteroatoms. The van der Waals surface area contributed by atoms with Crippen molar-refractivity contribution in [2.75, 3.05) is 25.8 Å². The third-order valence-electron chi connectivity index (χ3n) is 5.45. The van der Waals surface area contributed by atoms with Crippen molar-refractivity contribution >= 4 is 29.2 Å². The van der Waals surface area contributed by atoms with Gasteiger partial charge < -0.3 is 24.5 Å². The number of halogens is 1. The molecule has 0 saturated heterocycles. The lowest BCUT2D eigenvalue weighted by Gasteiger charge is -2.34. The highest BCUT2D eigenvalue weighted by atomic mass is 35.5. The number of hydrogen-bond acceptors (Lipinski definition) is 6. The molecule has 1 aliphatic rings. The molecule has 2 aromatic rings. The maximum atomic E-state index is 12.0. The zero-order valence-corrected chi connectivity index (χ0v) is 18.7. The number of ether oxygens (including phenoxy) is 2. The number of methoxy groups -OCH3 is 2. The van der Waals surface area contributed by atoms with Crippen LogP contribution in [0.2, 0.25) is 5.02 Å². The summed E-state index contributed by atoms with van der Waals surface area (Å²) in [7, 11) is 3.05. The lowest BCUT2D eigenvalue weighted by Crippen LogP contribution is -2.40. The van der Waals surface area contributed by atoms with Gasteiger partial charge in [0.1, 0.15) is 0 Å². The van der Waals surface area contributed by atoms with E-state index in [1.165, 1.54) is 14.2 Å². The molecule has 0 amide bonds. The highest BCUT2D eigenvalue weighted by Crippen LogP contribution is 2.44. The Bertz CT molecular complexity index is 1070. The van der Waals surface area contributed by atoms with Crippen LogP contribution in [0.5, 0.6) is 17.2 Å². The number of carboxylic acids is 2. The first-order chi connectivity index (χ1) is 15.2. The Kier molecular flexibility index (Phi) is 6.84. The van der Waals surface area contributed by atoms with Crippen LogP contribution in [0.25, 0.3) is 0 Å². The van der Waals surface area contributed by atoms with Gasteiger partial charge in [0.25, 0.3) is 0 Å². The van der Waals surface area contributed by atoms with E-state index in [0.29, 0.717) is 40.8 Å². The standard InChI is InChI=1S/C23H24ClNO7/c1-23(17(22(28)29)11-21(26)27)8-7-14-9-19(30-2)20(31-3)12-18(14)25(13-23)32-16-6-4-5-15(24)10-16/h4-6,9-12H,7-8,13H2,1-3H3,(H,26,27)(H,28,29). The van der Waals surface area contributed by atoms with Crippen LogP contribution in [0, 0.1) is 5.41 Å². The van der Waals surface area contributed by atoms with E-state index in [2.05, 4.69) is 0 Å². The van der Waals surface area contributed by atoms with E-state index in [1.54, 1.807) is 42.3 Å². The maximum Gasteiger partial charge on any atom is 0.332 e. The molecule has 8 nitrogen and oxygen atoms in total. The highest BCUT2D eigenvalue weighted by molar-refractivity contribution is 6.30. The van der Waals surface area contributed by atoms with Crippen LogP contribution in [0.1, 0.15) is 18.9 Å². The molecule has 1 atom stereocenters. The monoisotopic (exact) mass is 461 g/mol. The number of carboxylic acid groups (broad SMARTS) is 2. The van der Waals surface area contributed by atoms with Crippen molar-refractivity contribution in [3.05, 3.63) is 58.6 Å². The third kappa shape index (κ3) is 4.91. The predicted molar refractivity (Wildman–Crippen MR) is 119 cm³/mol. The van der Waals surface area contributed by atoms with E-state index in [1.807, 2.05) is 6.07 Å². The number of rotatable bonds is 7. The molecular formula is C23H24ClNO7. The topological polar surface area (TPSA) is 106 Å². The molecule has 0 saturated carbocycles. The molecule has 1 aliphatic heterocycles.